The van der Waals surface area contributed by atoms with Gasteiger partial charge in [0.05, 0.1) is 4.90 Å². The second-order valence-electron chi connectivity index (χ2n) is 3.52. The maximum absolute atomic E-state index is 12.3. The lowest BCUT2D eigenvalue weighted by atomic mass is 10.3. The summed E-state index contributed by atoms with van der Waals surface area (Å²) in [6, 6.07) is 4.28. The zero-order valence-electron chi connectivity index (χ0n) is 9.62. The highest BCUT2D eigenvalue weighted by molar-refractivity contribution is 7.91. The summed E-state index contributed by atoms with van der Waals surface area (Å²) in [6.45, 7) is 0. The average molecular weight is 303 g/mol. The molecular formula is C9H7F2N5O3S. The maximum atomic E-state index is 12.3. The zero-order valence-corrected chi connectivity index (χ0v) is 10.4. The Labute approximate surface area is 111 Å². The highest BCUT2D eigenvalue weighted by Gasteiger charge is 2.26. The lowest BCUT2D eigenvalue weighted by Gasteiger charge is -2.05. The van der Waals surface area contributed by atoms with Crippen LogP contribution in [0.5, 0.6) is 0 Å². The fourth-order valence-electron chi connectivity index (χ4n) is 1.28. The normalized spacial score (nSPS) is 11.6. The molecule has 0 aliphatic heterocycles. The Hall–Kier alpha value is -2.43. The number of sulfone groups is 1. The fraction of sp³-hybridized carbons (Fsp3) is 0.111. The summed E-state index contributed by atoms with van der Waals surface area (Å²) >= 11 is 0. The number of alkyl halides is 2. The van der Waals surface area contributed by atoms with Crippen LogP contribution in [0.4, 0.5) is 14.5 Å². The van der Waals surface area contributed by atoms with E-state index in [2.05, 4.69) is 25.9 Å². The van der Waals surface area contributed by atoms with Crippen LogP contribution in [-0.2, 0) is 9.84 Å². The Morgan fingerprint density at radius 3 is 2.40 bits per heavy atom. The third-order valence-electron chi connectivity index (χ3n) is 2.22. The van der Waals surface area contributed by atoms with E-state index in [-0.39, 0.29) is 11.5 Å². The summed E-state index contributed by atoms with van der Waals surface area (Å²) < 4.78 is 47.0. The van der Waals surface area contributed by atoms with Crippen molar-refractivity contribution in [3.05, 3.63) is 30.1 Å². The molecule has 2 aromatic rings. The zero-order chi connectivity index (χ0) is 14.8. The van der Waals surface area contributed by atoms with E-state index in [9.17, 15) is 22.0 Å². The topological polar surface area (TPSA) is 118 Å². The number of rotatable bonds is 4. The summed E-state index contributed by atoms with van der Waals surface area (Å²) in [4.78, 5) is 11.0. The van der Waals surface area contributed by atoms with Crippen molar-refractivity contribution < 1.29 is 22.0 Å². The number of carbonyl (C=O) groups is 1. The number of aromatic nitrogens is 4. The number of nitrogens with zero attached hydrogens (tertiary/aromatic N) is 3. The molecule has 11 heteroatoms. The first kappa shape index (κ1) is 14.0. The Bertz CT molecular complexity index is 700. The molecule has 0 spiro atoms. The lowest BCUT2D eigenvalue weighted by molar-refractivity contribution is 0.101. The number of anilines is 1. The van der Waals surface area contributed by atoms with E-state index in [0.717, 1.165) is 12.1 Å². The van der Waals surface area contributed by atoms with Gasteiger partial charge in [-0.15, -0.1) is 10.2 Å². The molecule has 2 N–H and O–H groups in total. The van der Waals surface area contributed by atoms with Crippen molar-refractivity contribution in [2.45, 2.75) is 10.7 Å². The fourth-order valence-corrected chi connectivity index (χ4v) is 2.00. The van der Waals surface area contributed by atoms with Crippen molar-refractivity contribution in [2.75, 3.05) is 5.32 Å². The molecule has 0 aliphatic carbocycles. The third-order valence-corrected chi connectivity index (χ3v) is 3.62. The molecule has 1 aromatic carbocycles. The Balaban J connectivity index is 2.15. The molecule has 106 valence electrons. The lowest BCUT2D eigenvalue weighted by Crippen LogP contribution is -2.14. The summed E-state index contributed by atoms with van der Waals surface area (Å²) in [7, 11) is -4.65. The molecule has 0 bridgehead atoms. The number of benzene rings is 1. The summed E-state index contributed by atoms with van der Waals surface area (Å²) in [5.74, 6) is -4.39. The van der Waals surface area contributed by atoms with Crippen LogP contribution in [0.25, 0.3) is 0 Å². The van der Waals surface area contributed by atoms with Crippen molar-refractivity contribution in [2.24, 2.45) is 0 Å². The Morgan fingerprint density at radius 1 is 1.25 bits per heavy atom. The summed E-state index contributed by atoms with van der Waals surface area (Å²) in [5, 5.41) is 14.5. The van der Waals surface area contributed by atoms with E-state index < -0.39 is 26.4 Å². The van der Waals surface area contributed by atoms with E-state index in [1.54, 1.807) is 0 Å². The predicted molar refractivity (Wildman–Crippen MR) is 61.8 cm³/mol. The van der Waals surface area contributed by atoms with Gasteiger partial charge < -0.3 is 5.32 Å². The number of hydrogen-bond donors (Lipinski definition) is 2. The van der Waals surface area contributed by atoms with E-state index in [1.165, 1.54) is 12.1 Å². The quantitative estimate of drug-likeness (QED) is 0.846. The molecule has 2 rings (SSSR count). The first-order chi connectivity index (χ1) is 9.41. The van der Waals surface area contributed by atoms with Crippen molar-refractivity contribution >= 4 is 21.4 Å². The van der Waals surface area contributed by atoms with E-state index in [1.807, 2.05) is 0 Å². The Morgan fingerprint density at radius 2 is 1.90 bits per heavy atom. The monoisotopic (exact) mass is 303 g/mol. The van der Waals surface area contributed by atoms with Crippen LogP contribution >= 0.6 is 0 Å². The van der Waals surface area contributed by atoms with Gasteiger partial charge in [0.15, 0.2) is 0 Å². The van der Waals surface area contributed by atoms with Crippen molar-refractivity contribution in [3.8, 4) is 0 Å². The number of amides is 1. The first-order valence-corrected chi connectivity index (χ1v) is 6.63. The molecule has 1 amide bonds. The molecule has 20 heavy (non-hydrogen) atoms. The minimum atomic E-state index is -4.65. The second-order valence-corrected chi connectivity index (χ2v) is 5.44. The summed E-state index contributed by atoms with van der Waals surface area (Å²) in [5.41, 5.74) is 0.202. The van der Waals surface area contributed by atoms with Gasteiger partial charge in [-0.1, -0.05) is 0 Å². The van der Waals surface area contributed by atoms with Gasteiger partial charge in [0, 0.05) is 5.69 Å². The van der Waals surface area contributed by atoms with Crippen LogP contribution in [0.2, 0.25) is 0 Å². The van der Waals surface area contributed by atoms with Crippen LogP contribution in [0.15, 0.2) is 29.2 Å². The highest BCUT2D eigenvalue weighted by atomic mass is 32.2. The molecule has 0 unspecified atom stereocenters. The second kappa shape index (κ2) is 5.28. The molecule has 0 atom stereocenters. The van der Waals surface area contributed by atoms with Gasteiger partial charge in [0.1, 0.15) is 0 Å². The van der Waals surface area contributed by atoms with Gasteiger partial charge >= 0.3 is 5.76 Å². The number of tetrazole rings is 1. The SMILES string of the molecule is O=C(Nc1ccc(S(=O)(=O)C(F)F)cc1)c1nn[nH]n1. The van der Waals surface area contributed by atoms with Crippen molar-refractivity contribution in [3.63, 3.8) is 0 Å². The van der Waals surface area contributed by atoms with Crippen molar-refractivity contribution in [1.82, 2.24) is 20.6 Å². The Kier molecular flexibility index (Phi) is 3.70. The number of nitrogens with one attached hydrogen (secondary N) is 2. The van der Waals surface area contributed by atoms with Gasteiger partial charge in [-0.2, -0.15) is 14.0 Å². The number of halogens is 2. The van der Waals surface area contributed by atoms with E-state index in [4.69, 9.17) is 0 Å². The molecule has 0 aliphatic rings. The maximum Gasteiger partial charge on any atom is 0.341 e. The van der Waals surface area contributed by atoms with Crippen LogP contribution in [0.3, 0.4) is 0 Å². The molecule has 0 saturated heterocycles. The third kappa shape index (κ3) is 2.77. The summed E-state index contributed by atoms with van der Waals surface area (Å²) in [6.07, 6.45) is 0. The largest absolute Gasteiger partial charge is 0.341 e. The number of hydrogen-bond acceptors (Lipinski definition) is 6. The molecule has 1 heterocycles. The standard InChI is InChI=1S/C9H7F2N5O3S/c10-9(11)20(18,19)6-3-1-5(2-4-6)12-8(17)7-13-15-16-14-7/h1-4,9H,(H,12,17)(H,13,14,15,16). The smallest absolute Gasteiger partial charge is 0.319 e. The van der Waals surface area contributed by atoms with Gasteiger partial charge in [-0.25, -0.2) is 8.42 Å². The number of H-pyrrole nitrogens is 1. The van der Waals surface area contributed by atoms with E-state index in [0.29, 0.717) is 0 Å². The average Bonchev–Trinajstić information content (AvgIpc) is 2.93. The predicted octanol–water partition coefficient (Wildman–Crippen LogP) is 0.448. The highest BCUT2D eigenvalue weighted by Crippen LogP contribution is 2.20. The van der Waals surface area contributed by atoms with Crippen LogP contribution in [-0.4, -0.2) is 40.7 Å². The van der Waals surface area contributed by atoms with Gasteiger partial charge in [0.25, 0.3) is 11.7 Å². The van der Waals surface area contributed by atoms with Gasteiger partial charge in [0.2, 0.25) is 9.84 Å². The van der Waals surface area contributed by atoms with Crippen LogP contribution in [0.1, 0.15) is 10.6 Å². The molecule has 0 radical (unpaired) electrons. The van der Waals surface area contributed by atoms with Crippen LogP contribution in [0, 0.1) is 0 Å². The van der Waals surface area contributed by atoms with Gasteiger partial charge in [-0.05, 0) is 29.5 Å². The van der Waals surface area contributed by atoms with Crippen LogP contribution < -0.4 is 5.32 Å². The molecule has 0 saturated carbocycles. The minimum absolute atomic E-state index is 0.202. The number of aromatic amines is 1. The number of carbonyl (C=O) groups excluding carboxylic acids is 1. The first-order valence-electron chi connectivity index (χ1n) is 5.08. The minimum Gasteiger partial charge on any atom is -0.319 e. The van der Waals surface area contributed by atoms with E-state index >= 15 is 0 Å². The molecule has 8 nitrogen and oxygen atoms in total. The van der Waals surface area contributed by atoms with Gasteiger partial charge in [-0.3, -0.25) is 4.79 Å². The molecule has 1 aromatic heterocycles. The van der Waals surface area contributed by atoms with Crippen molar-refractivity contribution in [1.29, 1.82) is 0 Å². The molecule has 0 fully saturated rings. The molecular weight excluding hydrogens is 296 g/mol.